The van der Waals surface area contributed by atoms with Gasteiger partial charge < -0.3 is 46.1 Å². The summed E-state index contributed by atoms with van der Waals surface area (Å²) in [6.45, 7) is 9.78. The average molecular weight is 864 g/mol. The highest BCUT2D eigenvalue weighted by Gasteiger charge is 2.46. The summed E-state index contributed by atoms with van der Waals surface area (Å²) >= 11 is 0. The second kappa shape index (κ2) is 20.6. The summed E-state index contributed by atoms with van der Waals surface area (Å²) in [6.07, 6.45) is 4.62. The van der Waals surface area contributed by atoms with Crippen LogP contribution in [-0.2, 0) is 48.3 Å². The summed E-state index contributed by atoms with van der Waals surface area (Å²) in [7, 11) is -3.79. The van der Waals surface area contributed by atoms with E-state index in [-0.39, 0.29) is 43.4 Å². The van der Waals surface area contributed by atoms with Gasteiger partial charge in [-0.1, -0.05) is 58.6 Å². The van der Waals surface area contributed by atoms with Crippen LogP contribution in [0.2, 0.25) is 0 Å². The second-order valence-corrected chi connectivity index (χ2v) is 18.8. The minimum atomic E-state index is -3.79. The molecule has 2 heterocycles. The van der Waals surface area contributed by atoms with Crippen molar-refractivity contribution in [2.75, 3.05) is 26.1 Å². The molecular formula is C40H61N7O12S. The van der Waals surface area contributed by atoms with Gasteiger partial charge in [0.1, 0.15) is 24.2 Å². The van der Waals surface area contributed by atoms with Crippen LogP contribution in [0.3, 0.4) is 0 Å². The number of fused-ring (bicyclic) bond motifs is 1. The first kappa shape index (κ1) is 47.9. The van der Waals surface area contributed by atoms with Gasteiger partial charge in [-0.15, -0.1) is 0 Å². The fourth-order valence-corrected chi connectivity index (χ4v) is 8.63. The minimum Gasteiger partial charge on any atom is -0.454 e. The lowest BCUT2D eigenvalue weighted by Gasteiger charge is -2.36. The van der Waals surface area contributed by atoms with E-state index < -0.39 is 106 Å². The van der Waals surface area contributed by atoms with Gasteiger partial charge in [0.15, 0.2) is 11.5 Å². The van der Waals surface area contributed by atoms with Crippen molar-refractivity contribution in [1.82, 2.24) is 30.9 Å². The topological polar surface area (TPSA) is 271 Å². The molecule has 3 aliphatic rings. The van der Waals surface area contributed by atoms with Gasteiger partial charge in [-0.3, -0.25) is 33.6 Å². The standard InChI is InChI=1S/C40H61N7O12S/c1-8-13-26(33(49)38(53)42-19-29(48)44-32(35(41)50)25-16-12-17-28-34(25)58-21-57-28)43-36(51)27-18-24(59-40(4,5)6)20-47(27)39(54)31(23-14-10-9-11-15-23)45-37(52)30(22(2)3)46-60(7,55)56/h12,16-17,22-24,26-27,30-32,46H,8-11,13-15,18-21H2,1-7H3,(H2,41,50)(H,42,53)(H,43,51)(H,44,48)(H,45,52)/t24-,26?,27+,30+,31+,32?/m1/s1. The predicted molar refractivity (Wildman–Crippen MR) is 217 cm³/mol. The van der Waals surface area contributed by atoms with Crippen molar-refractivity contribution in [1.29, 1.82) is 0 Å². The first-order valence-corrected chi connectivity index (χ1v) is 22.3. The van der Waals surface area contributed by atoms with Crippen LogP contribution in [0.1, 0.15) is 105 Å². The number of hydrogen-bond donors (Lipinski definition) is 6. The molecule has 1 saturated carbocycles. The van der Waals surface area contributed by atoms with Crippen molar-refractivity contribution in [2.24, 2.45) is 17.6 Å². The zero-order valence-corrected chi connectivity index (χ0v) is 36.3. The summed E-state index contributed by atoms with van der Waals surface area (Å²) < 4.78 is 43.7. The molecule has 2 aliphatic heterocycles. The number of amides is 6. The number of nitrogens with two attached hydrogens (primary N) is 1. The Morgan fingerprint density at radius 1 is 0.983 bits per heavy atom. The van der Waals surface area contributed by atoms with Crippen molar-refractivity contribution in [3.05, 3.63) is 23.8 Å². The number of sulfonamides is 1. The monoisotopic (exact) mass is 863 g/mol. The average Bonchev–Trinajstić information content (AvgIpc) is 3.83. The number of carbonyl (C=O) groups excluding carboxylic acids is 7. The van der Waals surface area contributed by atoms with Gasteiger partial charge in [-0.2, -0.15) is 0 Å². The Labute approximate surface area is 351 Å². The first-order valence-electron chi connectivity index (χ1n) is 20.5. The number of hydrogen-bond acceptors (Lipinski definition) is 12. The van der Waals surface area contributed by atoms with E-state index in [4.69, 9.17) is 19.9 Å². The molecule has 6 atom stereocenters. The van der Waals surface area contributed by atoms with E-state index in [1.807, 2.05) is 20.8 Å². The zero-order valence-electron chi connectivity index (χ0n) is 35.5. The number of primary amides is 1. The van der Waals surface area contributed by atoms with Crippen molar-refractivity contribution < 1.29 is 56.2 Å². The molecular weight excluding hydrogens is 803 g/mol. The number of nitrogens with zero attached hydrogens (tertiary/aromatic N) is 1. The van der Waals surface area contributed by atoms with E-state index in [2.05, 4.69) is 26.0 Å². The number of rotatable bonds is 19. The molecule has 4 rings (SSSR count). The first-order chi connectivity index (χ1) is 28.1. The van der Waals surface area contributed by atoms with Crippen LogP contribution >= 0.6 is 0 Å². The molecule has 0 radical (unpaired) electrons. The molecule has 7 N–H and O–H groups in total. The molecule has 2 fully saturated rings. The number of carbonyl (C=O) groups is 7. The normalized spacial score (nSPS) is 20.1. The van der Waals surface area contributed by atoms with Gasteiger partial charge in [-0.05, 0) is 57.9 Å². The van der Waals surface area contributed by atoms with Gasteiger partial charge in [-0.25, -0.2) is 13.1 Å². The Morgan fingerprint density at radius 3 is 2.27 bits per heavy atom. The second-order valence-electron chi connectivity index (χ2n) is 17.0. The van der Waals surface area contributed by atoms with Crippen molar-refractivity contribution in [3.63, 3.8) is 0 Å². The highest BCUT2D eigenvalue weighted by atomic mass is 32.2. The van der Waals surface area contributed by atoms with Gasteiger partial charge in [0.2, 0.25) is 52.1 Å². The van der Waals surface area contributed by atoms with Crippen molar-refractivity contribution in [3.8, 4) is 11.5 Å². The Bertz CT molecular complexity index is 1880. The molecule has 0 aromatic heterocycles. The minimum absolute atomic E-state index is 0.0122. The molecule has 1 aliphatic carbocycles. The van der Waals surface area contributed by atoms with Gasteiger partial charge in [0.05, 0.1) is 30.5 Å². The van der Waals surface area contributed by atoms with Crippen LogP contribution in [0.4, 0.5) is 0 Å². The third kappa shape index (κ3) is 13.1. The Morgan fingerprint density at radius 2 is 1.67 bits per heavy atom. The van der Waals surface area contributed by atoms with Crippen LogP contribution in [0.5, 0.6) is 11.5 Å². The van der Waals surface area contributed by atoms with E-state index in [0.717, 1.165) is 25.5 Å². The van der Waals surface area contributed by atoms with Gasteiger partial charge in [0.25, 0.3) is 5.91 Å². The van der Waals surface area contributed by atoms with Crippen LogP contribution in [0, 0.1) is 11.8 Å². The highest BCUT2D eigenvalue weighted by molar-refractivity contribution is 7.88. The van der Waals surface area contributed by atoms with Crippen LogP contribution in [0.25, 0.3) is 0 Å². The summed E-state index contributed by atoms with van der Waals surface area (Å²) in [4.78, 5) is 95.8. The quantitative estimate of drug-likeness (QED) is 0.104. The molecule has 0 bridgehead atoms. The molecule has 19 nitrogen and oxygen atoms in total. The molecule has 334 valence electrons. The van der Waals surface area contributed by atoms with Gasteiger partial charge >= 0.3 is 0 Å². The van der Waals surface area contributed by atoms with Crippen LogP contribution in [0.15, 0.2) is 18.2 Å². The number of ether oxygens (including phenoxy) is 3. The number of para-hydroxylation sites is 1. The molecule has 2 unspecified atom stereocenters. The van der Waals surface area contributed by atoms with Crippen LogP contribution < -0.4 is 41.2 Å². The number of Topliss-reactive ketones (excluding diaryl/α,β-unsaturated/α-hetero) is 1. The molecule has 6 amide bonds. The maximum atomic E-state index is 14.7. The fraction of sp³-hybridized carbons (Fsp3) is 0.675. The number of benzene rings is 1. The number of ketones is 1. The lowest BCUT2D eigenvalue weighted by Crippen LogP contribution is -2.60. The number of likely N-dealkylation sites (tertiary alicyclic amines) is 1. The third-order valence-electron chi connectivity index (χ3n) is 10.5. The fourth-order valence-electron chi connectivity index (χ4n) is 7.79. The predicted octanol–water partition coefficient (Wildman–Crippen LogP) is 0.452. The van der Waals surface area contributed by atoms with E-state index >= 15 is 0 Å². The molecule has 0 spiro atoms. The zero-order chi connectivity index (χ0) is 44.5. The van der Waals surface area contributed by atoms with E-state index in [1.54, 1.807) is 32.9 Å². The SMILES string of the molecule is CCCC(NC(=O)[C@@H]1C[C@@H](OC(C)(C)C)CN1C(=O)[C@@H](NC(=O)[C@@H](NS(C)(=O)=O)C(C)C)C1CCCCC1)C(=O)C(=O)NCC(=O)NC(C(N)=O)c1cccc2c1OCO2. The molecule has 1 saturated heterocycles. The van der Waals surface area contributed by atoms with E-state index in [0.29, 0.717) is 25.0 Å². The van der Waals surface area contributed by atoms with E-state index in [9.17, 15) is 42.0 Å². The Hall–Kier alpha value is -4.82. The summed E-state index contributed by atoms with van der Waals surface area (Å²) in [5, 5.41) is 10.2. The van der Waals surface area contributed by atoms with Gasteiger partial charge in [0, 0.05) is 18.5 Å². The molecule has 20 heteroatoms. The smallest absolute Gasteiger partial charge is 0.290 e. The maximum absolute atomic E-state index is 14.7. The van der Waals surface area contributed by atoms with E-state index in [1.165, 1.54) is 11.0 Å². The molecule has 60 heavy (non-hydrogen) atoms. The highest BCUT2D eigenvalue weighted by Crippen LogP contribution is 2.38. The summed E-state index contributed by atoms with van der Waals surface area (Å²) in [5.74, 6) is -6.08. The lowest BCUT2D eigenvalue weighted by molar-refractivity contribution is -0.145. The van der Waals surface area contributed by atoms with Crippen molar-refractivity contribution in [2.45, 2.75) is 135 Å². The number of nitrogens with one attached hydrogen (secondary N) is 5. The third-order valence-corrected chi connectivity index (χ3v) is 11.2. The Kier molecular flexibility index (Phi) is 16.5. The largest absolute Gasteiger partial charge is 0.454 e. The Balaban J connectivity index is 1.51. The summed E-state index contributed by atoms with van der Waals surface area (Å²) in [5.41, 5.74) is 5.15. The summed E-state index contributed by atoms with van der Waals surface area (Å²) in [6, 6.07) is -1.37. The van der Waals surface area contributed by atoms with Crippen molar-refractivity contribution >= 4 is 51.2 Å². The lowest BCUT2D eigenvalue weighted by atomic mass is 9.83. The maximum Gasteiger partial charge on any atom is 0.290 e. The molecule has 1 aromatic rings. The van der Waals surface area contributed by atoms with Crippen LogP contribution in [-0.4, -0.2) is 117 Å². The molecule has 1 aromatic carbocycles.